The molecule has 0 aliphatic rings. The van der Waals surface area contributed by atoms with Gasteiger partial charge in [0.15, 0.2) is 0 Å². The van der Waals surface area contributed by atoms with E-state index in [2.05, 4.69) is 45.1 Å². The lowest BCUT2D eigenvalue weighted by Gasteiger charge is -2.10. The van der Waals surface area contributed by atoms with Crippen LogP contribution < -0.4 is 5.32 Å². The molecule has 0 amide bonds. The fourth-order valence-corrected chi connectivity index (χ4v) is 1.47. The van der Waals surface area contributed by atoms with Crippen molar-refractivity contribution in [2.75, 3.05) is 6.54 Å². The maximum atomic E-state index is 4.22. The van der Waals surface area contributed by atoms with Gasteiger partial charge in [-0.25, -0.2) is 9.97 Å². The molecule has 1 heterocycles. The van der Waals surface area contributed by atoms with E-state index in [4.69, 9.17) is 0 Å². The van der Waals surface area contributed by atoms with Gasteiger partial charge in [-0.3, -0.25) is 0 Å². The normalized spacial score (nSPS) is 12.8. The molecule has 78 valence electrons. The highest BCUT2D eigenvalue weighted by Gasteiger charge is 2.02. The Morgan fingerprint density at radius 3 is 2.64 bits per heavy atom. The van der Waals surface area contributed by atoms with Gasteiger partial charge < -0.3 is 5.32 Å². The minimum Gasteiger partial charge on any atom is -0.315 e. The third-order valence-electron chi connectivity index (χ3n) is 2.03. The van der Waals surface area contributed by atoms with Crippen LogP contribution in [-0.4, -0.2) is 22.6 Å². The number of nitrogens with zero attached hydrogens (tertiary/aromatic N) is 2. The van der Waals surface area contributed by atoms with Gasteiger partial charge in [-0.1, -0.05) is 6.92 Å². The molecule has 0 fully saturated rings. The first kappa shape index (κ1) is 11.6. The monoisotopic (exact) mass is 257 g/mol. The molecular weight excluding hydrogens is 242 g/mol. The molecule has 14 heavy (non-hydrogen) atoms. The zero-order valence-electron chi connectivity index (χ0n) is 8.63. The van der Waals surface area contributed by atoms with Gasteiger partial charge in [-0.15, -0.1) is 0 Å². The zero-order chi connectivity index (χ0) is 10.4. The largest absolute Gasteiger partial charge is 0.315 e. The van der Waals surface area contributed by atoms with Crippen molar-refractivity contribution in [1.82, 2.24) is 15.3 Å². The summed E-state index contributed by atoms with van der Waals surface area (Å²) >= 11 is 3.31. The molecule has 1 aromatic heterocycles. The Hall–Kier alpha value is -0.480. The summed E-state index contributed by atoms with van der Waals surface area (Å²) in [6.45, 7) is 5.32. The number of aryl methyl sites for hydroxylation is 1. The van der Waals surface area contributed by atoms with Crippen LogP contribution in [0.3, 0.4) is 0 Å². The topological polar surface area (TPSA) is 37.8 Å². The maximum absolute atomic E-state index is 4.22. The number of hydrogen-bond acceptors (Lipinski definition) is 3. The van der Waals surface area contributed by atoms with E-state index in [0.29, 0.717) is 6.04 Å². The molecule has 0 saturated heterocycles. The van der Waals surface area contributed by atoms with E-state index in [1.807, 2.05) is 0 Å². The molecule has 0 saturated carbocycles. The second kappa shape index (κ2) is 6.09. The van der Waals surface area contributed by atoms with Gasteiger partial charge in [0.2, 0.25) is 0 Å². The zero-order valence-corrected chi connectivity index (χ0v) is 10.2. The second-order valence-electron chi connectivity index (χ2n) is 3.31. The van der Waals surface area contributed by atoms with Crippen molar-refractivity contribution in [3.63, 3.8) is 0 Å². The lowest BCUT2D eigenvalue weighted by atomic mass is 10.2. The van der Waals surface area contributed by atoms with Crippen LogP contribution in [0.15, 0.2) is 16.9 Å². The fraction of sp³-hybridized carbons (Fsp3) is 0.600. The predicted molar refractivity (Wildman–Crippen MR) is 61.2 cm³/mol. The van der Waals surface area contributed by atoms with Crippen LogP contribution in [-0.2, 0) is 6.42 Å². The van der Waals surface area contributed by atoms with Gasteiger partial charge in [0.1, 0.15) is 5.82 Å². The van der Waals surface area contributed by atoms with Crippen molar-refractivity contribution in [2.45, 2.75) is 32.7 Å². The fourth-order valence-electron chi connectivity index (χ4n) is 1.26. The third-order valence-corrected chi connectivity index (χ3v) is 2.44. The number of rotatable bonds is 5. The molecule has 0 aliphatic heterocycles. The minimum absolute atomic E-state index is 0.534. The Labute approximate surface area is 93.5 Å². The van der Waals surface area contributed by atoms with Crippen LogP contribution in [0.5, 0.6) is 0 Å². The Kier molecular flexibility index (Phi) is 5.04. The van der Waals surface area contributed by atoms with Gasteiger partial charge in [0.05, 0.1) is 4.47 Å². The molecule has 1 aromatic rings. The van der Waals surface area contributed by atoms with Crippen LogP contribution in [0, 0.1) is 0 Å². The van der Waals surface area contributed by atoms with Crippen molar-refractivity contribution < 1.29 is 0 Å². The lowest BCUT2D eigenvalue weighted by Crippen LogP contribution is -2.26. The van der Waals surface area contributed by atoms with E-state index < -0.39 is 0 Å². The second-order valence-corrected chi connectivity index (χ2v) is 4.23. The number of nitrogens with one attached hydrogen (secondary N) is 1. The highest BCUT2D eigenvalue weighted by atomic mass is 79.9. The highest BCUT2D eigenvalue weighted by Crippen LogP contribution is 2.06. The van der Waals surface area contributed by atoms with Gasteiger partial charge in [0.25, 0.3) is 0 Å². The molecule has 1 atom stereocenters. The van der Waals surface area contributed by atoms with Gasteiger partial charge in [-0.2, -0.15) is 0 Å². The van der Waals surface area contributed by atoms with Crippen molar-refractivity contribution >= 4 is 15.9 Å². The van der Waals surface area contributed by atoms with Crippen LogP contribution >= 0.6 is 15.9 Å². The molecule has 0 unspecified atom stereocenters. The van der Waals surface area contributed by atoms with Crippen molar-refractivity contribution in [3.05, 3.63) is 22.7 Å². The Balaban J connectivity index is 2.34. The SMILES string of the molecule is CCN[C@@H](C)CCc1ncc(Br)cn1. The quantitative estimate of drug-likeness (QED) is 0.879. The van der Waals surface area contributed by atoms with E-state index in [-0.39, 0.29) is 0 Å². The van der Waals surface area contributed by atoms with Crippen molar-refractivity contribution in [1.29, 1.82) is 0 Å². The van der Waals surface area contributed by atoms with Crippen LogP contribution in [0.1, 0.15) is 26.1 Å². The Morgan fingerprint density at radius 1 is 1.43 bits per heavy atom. The van der Waals surface area contributed by atoms with E-state index in [1.165, 1.54) is 0 Å². The smallest absolute Gasteiger partial charge is 0.128 e. The summed E-state index contributed by atoms with van der Waals surface area (Å²) < 4.78 is 0.931. The van der Waals surface area contributed by atoms with Crippen LogP contribution in [0.25, 0.3) is 0 Å². The van der Waals surface area contributed by atoms with E-state index in [1.54, 1.807) is 12.4 Å². The molecule has 0 aliphatic carbocycles. The molecule has 4 heteroatoms. The average Bonchev–Trinajstić information content (AvgIpc) is 2.17. The summed E-state index contributed by atoms with van der Waals surface area (Å²) in [6, 6.07) is 0.534. The lowest BCUT2D eigenvalue weighted by molar-refractivity contribution is 0.524. The molecule has 3 nitrogen and oxygen atoms in total. The molecule has 0 spiro atoms. The maximum Gasteiger partial charge on any atom is 0.128 e. The van der Waals surface area contributed by atoms with Crippen molar-refractivity contribution in [2.24, 2.45) is 0 Å². The van der Waals surface area contributed by atoms with Gasteiger partial charge >= 0.3 is 0 Å². The van der Waals surface area contributed by atoms with Crippen LogP contribution in [0.2, 0.25) is 0 Å². The number of hydrogen-bond donors (Lipinski definition) is 1. The molecular formula is C10H16BrN3. The summed E-state index contributed by atoms with van der Waals surface area (Å²) in [5.41, 5.74) is 0. The summed E-state index contributed by atoms with van der Waals surface area (Å²) in [5.74, 6) is 0.915. The van der Waals surface area contributed by atoms with Gasteiger partial charge in [-0.05, 0) is 35.8 Å². The first-order valence-electron chi connectivity index (χ1n) is 4.92. The number of aromatic nitrogens is 2. The average molecular weight is 258 g/mol. The van der Waals surface area contributed by atoms with Crippen molar-refractivity contribution in [3.8, 4) is 0 Å². The summed E-state index contributed by atoms with van der Waals surface area (Å²) in [7, 11) is 0. The Morgan fingerprint density at radius 2 is 2.07 bits per heavy atom. The number of halogens is 1. The molecule has 0 radical (unpaired) electrons. The van der Waals surface area contributed by atoms with Gasteiger partial charge in [0, 0.05) is 24.9 Å². The first-order valence-corrected chi connectivity index (χ1v) is 5.71. The summed E-state index contributed by atoms with van der Waals surface area (Å²) in [5, 5.41) is 3.36. The summed E-state index contributed by atoms with van der Waals surface area (Å²) in [4.78, 5) is 8.45. The minimum atomic E-state index is 0.534. The molecule has 0 bridgehead atoms. The predicted octanol–water partition coefficient (Wildman–Crippen LogP) is 2.17. The third kappa shape index (κ3) is 4.15. The molecule has 1 rings (SSSR count). The van der Waals surface area contributed by atoms with E-state index in [9.17, 15) is 0 Å². The van der Waals surface area contributed by atoms with E-state index >= 15 is 0 Å². The van der Waals surface area contributed by atoms with E-state index in [0.717, 1.165) is 29.7 Å². The standard InChI is InChI=1S/C10H16BrN3/c1-3-12-8(2)4-5-10-13-6-9(11)7-14-10/h6-8,12H,3-5H2,1-2H3/t8-/m0/s1. The summed E-state index contributed by atoms with van der Waals surface area (Å²) in [6.07, 6.45) is 5.59. The first-order chi connectivity index (χ1) is 6.72. The highest BCUT2D eigenvalue weighted by molar-refractivity contribution is 9.10. The molecule has 0 aromatic carbocycles. The Bertz CT molecular complexity index is 261. The molecule has 1 N–H and O–H groups in total. The van der Waals surface area contributed by atoms with Crippen LogP contribution in [0.4, 0.5) is 0 Å².